The van der Waals surface area contributed by atoms with Crippen LogP contribution in [-0.4, -0.2) is 21.6 Å². The summed E-state index contributed by atoms with van der Waals surface area (Å²) in [5.41, 5.74) is 1.41. The van der Waals surface area contributed by atoms with E-state index in [1.807, 2.05) is 24.3 Å². The summed E-state index contributed by atoms with van der Waals surface area (Å²) in [6.07, 6.45) is -4.55. The molecule has 1 aromatic heterocycles. The Labute approximate surface area is 204 Å². The van der Waals surface area contributed by atoms with E-state index in [1.165, 1.54) is 17.6 Å². The van der Waals surface area contributed by atoms with Gasteiger partial charge >= 0.3 is 12.1 Å². The zero-order valence-corrected chi connectivity index (χ0v) is 20.0. The number of hydrogen-bond donors (Lipinski definition) is 1. The number of anilines is 1. The van der Waals surface area contributed by atoms with Crippen molar-refractivity contribution in [3.8, 4) is 11.4 Å². The highest BCUT2D eigenvalue weighted by Crippen LogP contribution is 2.37. The summed E-state index contributed by atoms with van der Waals surface area (Å²) in [6.45, 7) is 4.91. The Bertz CT molecular complexity index is 1350. The number of carbonyl (C=O) groups is 1. The van der Waals surface area contributed by atoms with Crippen LogP contribution in [0.4, 0.5) is 18.9 Å². The number of hydrogen-bond acceptors (Lipinski definition) is 5. The van der Waals surface area contributed by atoms with E-state index in [-0.39, 0.29) is 28.6 Å². The highest BCUT2D eigenvalue weighted by atomic mass is 35.5. The van der Waals surface area contributed by atoms with Crippen molar-refractivity contribution in [1.29, 1.82) is 0 Å². The van der Waals surface area contributed by atoms with Crippen LogP contribution in [0.25, 0.3) is 11.4 Å². The van der Waals surface area contributed by atoms with Crippen LogP contribution in [0.3, 0.4) is 0 Å². The lowest BCUT2D eigenvalue weighted by molar-refractivity contribution is -0.146. The van der Waals surface area contributed by atoms with Crippen LogP contribution in [0, 0.1) is 6.92 Å². The predicted molar refractivity (Wildman–Crippen MR) is 126 cm³/mol. The first-order chi connectivity index (χ1) is 16.5. The van der Waals surface area contributed by atoms with E-state index >= 15 is 0 Å². The molecule has 2 atom stereocenters. The first-order valence-electron chi connectivity index (χ1n) is 11.0. The molecule has 4 rings (SSSR count). The van der Waals surface area contributed by atoms with Gasteiger partial charge in [-0.2, -0.15) is 13.2 Å². The second-order valence-electron chi connectivity index (χ2n) is 8.31. The lowest BCUT2D eigenvalue weighted by Gasteiger charge is -2.24. The fourth-order valence-corrected chi connectivity index (χ4v) is 4.67. The molecule has 0 fully saturated rings. The standard InChI is InChI=1S/C25H23ClF3N3O3/c1-4-32-23(18-10-9-16(12-19(18)26)25(27,28)29)30-13(2)21(24(32)34)31-22-17-8-6-5-7-15(17)11-20(22)35-14(3)33/h5-10,12,20,22,31H,4,11H2,1-3H3/t20-,22-/m0/s1. The number of alkyl halides is 3. The van der Waals surface area contributed by atoms with Crippen molar-refractivity contribution < 1.29 is 22.7 Å². The van der Waals surface area contributed by atoms with Gasteiger partial charge in [0.25, 0.3) is 5.56 Å². The second-order valence-corrected chi connectivity index (χ2v) is 8.72. The number of nitrogens with one attached hydrogen (secondary N) is 1. The molecule has 3 aromatic rings. The summed E-state index contributed by atoms with van der Waals surface area (Å²) in [5, 5.41) is 3.07. The van der Waals surface area contributed by atoms with E-state index in [0.717, 1.165) is 23.3 Å². The van der Waals surface area contributed by atoms with Gasteiger partial charge in [-0.1, -0.05) is 35.9 Å². The van der Waals surface area contributed by atoms with Crippen molar-refractivity contribution in [2.75, 3.05) is 5.32 Å². The molecule has 0 aliphatic heterocycles. The number of ether oxygens (including phenoxy) is 1. The Kier molecular flexibility index (Phi) is 6.64. The number of halogens is 4. The van der Waals surface area contributed by atoms with Crippen molar-refractivity contribution in [2.45, 2.75) is 52.1 Å². The van der Waals surface area contributed by atoms with Crippen LogP contribution in [0.15, 0.2) is 47.3 Å². The van der Waals surface area contributed by atoms with Crippen LogP contribution < -0.4 is 10.9 Å². The van der Waals surface area contributed by atoms with Crippen molar-refractivity contribution in [2.24, 2.45) is 0 Å². The van der Waals surface area contributed by atoms with E-state index in [1.54, 1.807) is 13.8 Å². The molecule has 2 aromatic carbocycles. The van der Waals surface area contributed by atoms with Gasteiger partial charge in [0.05, 0.1) is 22.3 Å². The van der Waals surface area contributed by atoms with Gasteiger partial charge in [0.2, 0.25) is 0 Å². The molecule has 0 radical (unpaired) electrons. The zero-order valence-electron chi connectivity index (χ0n) is 19.2. The summed E-state index contributed by atoms with van der Waals surface area (Å²) in [4.78, 5) is 29.7. The lowest BCUT2D eigenvalue weighted by Crippen LogP contribution is -2.32. The Hall–Kier alpha value is -3.33. The third-order valence-corrected chi connectivity index (χ3v) is 6.32. The number of nitrogens with zero attached hydrogens (tertiary/aromatic N) is 2. The number of rotatable bonds is 5. The number of carbonyl (C=O) groups excluding carboxylic acids is 1. The van der Waals surface area contributed by atoms with Crippen molar-refractivity contribution in [1.82, 2.24) is 9.55 Å². The van der Waals surface area contributed by atoms with E-state index in [9.17, 15) is 22.8 Å². The minimum Gasteiger partial charge on any atom is -0.460 e. The first-order valence-corrected chi connectivity index (χ1v) is 11.4. The number of benzene rings is 2. The molecule has 10 heteroatoms. The lowest BCUT2D eigenvalue weighted by atomic mass is 10.1. The highest BCUT2D eigenvalue weighted by Gasteiger charge is 2.36. The molecule has 184 valence electrons. The predicted octanol–water partition coefficient (Wildman–Crippen LogP) is 5.55. The summed E-state index contributed by atoms with van der Waals surface area (Å²) in [7, 11) is 0. The Morgan fingerprint density at radius 1 is 1.26 bits per heavy atom. The van der Waals surface area contributed by atoms with Gasteiger partial charge in [0, 0.05) is 25.5 Å². The molecule has 0 spiro atoms. The fourth-order valence-electron chi connectivity index (χ4n) is 4.41. The minimum absolute atomic E-state index is 0.159. The molecule has 0 amide bonds. The Balaban J connectivity index is 1.77. The van der Waals surface area contributed by atoms with Crippen LogP contribution in [-0.2, 0) is 28.7 Å². The van der Waals surface area contributed by atoms with Gasteiger partial charge in [0.15, 0.2) is 0 Å². The molecule has 0 unspecified atom stereocenters. The molecule has 1 aliphatic rings. The SMILES string of the molecule is CCn1c(-c2ccc(C(F)(F)F)cc2Cl)nc(C)c(N[C@H]2c3ccccc3C[C@@H]2OC(C)=O)c1=O. The third kappa shape index (κ3) is 4.77. The monoisotopic (exact) mass is 505 g/mol. The van der Waals surface area contributed by atoms with Gasteiger partial charge in [-0.15, -0.1) is 0 Å². The largest absolute Gasteiger partial charge is 0.460 e. The van der Waals surface area contributed by atoms with Crippen molar-refractivity contribution in [3.05, 3.63) is 80.2 Å². The van der Waals surface area contributed by atoms with Crippen LogP contribution in [0.1, 0.15) is 42.3 Å². The zero-order chi connectivity index (χ0) is 25.5. The van der Waals surface area contributed by atoms with Crippen LogP contribution in [0.2, 0.25) is 5.02 Å². The summed E-state index contributed by atoms with van der Waals surface area (Å²) in [6, 6.07) is 10.1. The number of aromatic nitrogens is 2. The Morgan fingerprint density at radius 3 is 2.60 bits per heavy atom. The molecule has 0 saturated heterocycles. The van der Waals surface area contributed by atoms with Crippen molar-refractivity contribution in [3.63, 3.8) is 0 Å². The number of fused-ring (bicyclic) bond motifs is 1. The van der Waals surface area contributed by atoms with E-state index < -0.39 is 35.4 Å². The molecule has 6 nitrogen and oxygen atoms in total. The average Bonchev–Trinajstić information content (AvgIpc) is 3.11. The molecule has 0 bridgehead atoms. The number of aryl methyl sites for hydroxylation is 1. The van der Waals surface area contributed by atoms with E-state index in [2.05, 4.69) is 10.3 Å². The maximum atomic E-state index is 13.5. The van der Waals surface area contributed by atoms with Gasteiger partial charge in [0.1, 0.15) is 17.6 Å². The molecule has 35 heavy (non-hydrogen) atoms. The molecular weight excluding hydrogens is 483 g/mol. The fraction of sp³-hybridized carbons (Fsp3) is 0.320. The van der Waals surface area contributed by atoms with Gasteiger partial charge in [-0.25, -0.2) is 4.98 Å². The highest BCUT2D eigenvalue weighted by molar-refractivity contribution is 6.33. The summed E-state index contributed by atoms with van der Waals surface area (Å²) < 4.78 is 46.1. The molecule has 1 aliphatic carbocycles. The molecule has 1 heterocycles. The van der Waals surface area contributed by atoms with E-state index in [0.29, 0.717) is 12.1 Å². The van der Waals surface area contributed by atoms with Gasteiger partial charge < -0.3 is 10.1 Å². The average molecular weight is 506 g/mol. The van der Waals surface area contributed by atoms with Crippen LogP contribution in [0.5, 0.6) is 0 Å². The topological polar surface area (TPSA) is 73.2 Å². The maximum Gasteiger partial charge on any atom is 0.416 e. The molecular formula is C25H23ClF3N3O3. The molecule has 0 saturated carbocycles. The smallest absolute Gasteiger partial charge is 0.416 e. The van der Waals surface area contributed by atoms with Crippen LogP contribution >= 0.6 is 11.6 Å². The quantitative estimate of drug-likeness (QED) is 0.460. The first kappa shape index (κ1) is 24.8. The second kappa shape index (κ2) is 9.37. The number of esters is 1. The Morgan fingerprint density at radius 2 is 1.97 bits per heavy atom. The van der Waals surface area contributed by atoms with Crippen molar-refractivity contribution >= 4 is 23.3 Å². The third-order valence-electron chi connectivity index (χ3n) is 6.00. The summed E-state index contributed by atoms with van der Waals surface area (Å²) in [5.74, 6) is -0.259. The van der Waals surface area contributed by atoms with Gasteiger partial charge in [-0.3, -0.25) is 14.2 Å². The normalized spacial score (nSPS) is 17.2. The molecule has 1 N–H and O–H groups in total. The minimum atomic E-state index is -4.54. The van der Waals surface area contributed by atoms with Gasteiger partial charge in [-0.05, 0) is 43.2 Å². The maximum absolute atomic E-state index is 13.5. The summed E-state index contributed by atoms with van der Waals surface area (Å²) >= 11 is 6.19. The van der Waals surface area contributed by atoms with E-state index in [4.69, 9.17) is 16.3 Å².